The summed E-state index contributed by atoms with van der Waals surface area (Å²) in [6.07, 6.45) is -0.757. The van der Waals surface area contributed by atoms with Crippen molar-refractivity contribution in [2.24, 2.45) is 5.73 Å². The molecule has 9 heteroatoms. The van der Waals surface area contributed by atoms with Gasteiger partial charge in [0.25, 0.3) is 5.69 Å². The number of amides is 1. The number of primary amides is 1. The van der Waals surface area contributed by atoms with Gasteiger partial charge in [-0.05, 0) is 12.5 Å². The highest BCUT2D eigenvalue weighted by Crippen LogP contribution is 2.36. The highest BCUT2D eigenvalue weighted by atomic mass is 35.5. The fourth-order valence-electron chi connectivity index (χ4n) is 1.53. The Hall–Kier alpha value is -2.35. The first-order chi connectivity index (χ1) is 9.81. The number of esters is 1. The van der Waals surface area contributed by atoms with Crippen molar-refractivity contribution in [1.82, 2.24) is 0 Å². The van der Waals surface area contributed by atoms with Gasteiger partial charge in [0, 0.05) is 11.6 Å². The van der Waals surface area contributed by atoms with Gasteiger partial charge in [0.15, 0.2) is 11.1 Å². The lowest BCUT2D eigenvalue weighted by molar-refractivity contribution is -0.384. The van der Waals surface area contributed by atoms with Crippen molar-refractivity contribution in [2.75, 3.05) is 7.11 Å². The maximum absolute atomic E-state index is 11.5. The van der Waals surface area contributed by atoms with Crippen LogP contribution in [0.5, 0.6) is 5.75 Å². The molecule has 0 aliphatic rings. The molecule has 8 nitrogen and oxygen atoms in total. The van der Waals surface area contributed by atoms with Crippen molar-refractivity contribution in [2.45, 2.75) is 19.4 Å². The largest absolute Gasteiger partial charge is 0.477 e. The summed E-state index contributed by atoms with van der Waals surface area (Å²) in [5.41, 5.74) is 4.41. The number of hydrogen-bond donors (Lipinski definition) is 1. The molecule has 0 bridgehead atoms. The van der Waals surface area contributed by atoms with Crippen LogP contribution in [-0.4, -0.2) is 30.0 Å². The van der Waals surface area contributed by atoms with Crippen molar-refractivity contribution in [3.8, 4) is 5.75 Å². The van der Waals surface area contributed by atoms with Crippen LogP contribution in [0, 0.1) is 10.1 Å². The molecule has 0 fully saturated rings. The predicted octanol–water partition coefficient (Wildman–Crippen LogP) is 1.68. The first-order valence-electron chi connectivity index (χ1n) is 5.84. The Balaban J connectivity index is 3.30. The van der Waals surface area contributed by atoms with Gasteiger partial charge in [-0.2, -0.15) is 0 Å². The maximum Gasteiger partial charge on any atom is 0.347 e. The smallest absolute Gasteiger partial charge is 0.347 e. The number of nitrogens with two attached hydrogens (primary N) is 1. The molecular weight excluding hydrogens is 304 g/mol. The van der Waals surface area contributed by atoms with E-state index in [4.69, 9.17) is 22.1 Å². The summed E-state index contributed by atoms with van der Waals surface area (Å²) in [6, 6.07) is 2.08. The summed E-state index contributed by atoms with van der Waals surface area (Å²) in [5.74, 6) is -1.73. The third-order valence-corrected chi connectivity index (χ3v) is 2.99. The second kappa shape index (κ2) is 6.89. The van der Waals surface area contributed by atoms with Crippen molar-refractivity contribution in [3.63, 3.8) is 0 Å². The lowest BCUT2D eigenvalue weighted by Gasteiger charge is -2.16. The molecule has 1 rings (SSSR count). The zero-order valence-corrected chi connectivity index (χ0v) is 12.0. The van der Waals surface area contributed by atoms with Crippen LogP contribution in [0.4, 0.5) is 5.69 Å². The fraction of sp³-hybridized carbons (Fsp3) is 0.333. The SMILES string of the molecule is CCC(Oc1cc(C(N)=O)cc([N+](=O)[O-])c1Cl)C(=O)OC. The highest BCUT2D eigenvalue weighted by Gasteiger charge is 2.25. The predicted molar refractivity (Wildman–Crippen MR) is 73.3 cm³/mol. The van der Waals surface area contributed by atoms with Crippen molar-refractivity contribution < 1.29 is 24.0 Å². The van der Waals surface area contributed by atoms with Crippen LogP contribution in [0.2, 0.25) is 5.02 Å². The summed E-state index contributed by atoms with van der Waals surface area (Å²) in [6.45, 7) is 1.65. The maximum atomic E-state index is 11.5. The Bertz CT molecular complexity index is 589. The minimum absolute atomic E-state index is 0.152. The first-order valence-corrected chi connectivity index (χ1v) is 6.21. The summed E-state index contributed by atoms with van der Waals surface area (Å²) in [7, 11) is 1.18. The van der Waals surface area contributed by atoms with E-state index < -0.39 is 28.6 Å². The molecule has 1 amide bonds. The fourth-order valence-corrected chi connectivity index (χ4v) is 1.75. The lowest BCUT2D eigenvalue weighted by Crippen LogP contribution is -2.28. The molecule has 114 valence electrons. The van der Waals surface area contributed by atoms with Gasteiger partial charge in [-0.15, -0.1) is 0 Å². The van der Waals surface area contributed by atoms with Crippen LogP contribution in [0.3, 0.4) is 0 Å². The molecule has 0 saturated heterocycles. The molecule has 0 aliphatic heterocycles. The van der Waals surface area contributed by atoms with Crippen molar-refractivity contribution in [1.29, 1.82) is 0 Å². The zero-order valence-electron chi connectivity index (χ0n) is 11.3. The Morgan fingerprint density at radius 1 is 1.48 bits per heavy atom. The number of hydrogen-bond acceptors (Lipinski definition) is 6. The highest BCUT2D eigenvalue weighted by molar-refractivity contribution is 6.34. The standard InChI is InChI=1S/C12H13ClN2O6/c1-3-8(12(17)20-2)21-9-5-6(11(14)16)4-7(10(9)13)15(18)19/h4-5,8H,3H2,1-2H3,(H2,14,16). The lowest BCUT2D eigenvalue weighted by atomic mass is 10.1. The molecule has 2 N–H and O–H groups in total. The van der Waals surface area contributed by atoms with Crippen LogP contribution < -0.4 is 10.5 Å². The molecule has 21 heavy (non-hydrogen) atoms. The summed E-state index contributed by atoms with van der Waals surface area (Å²) >= 11 is 5.86. The van der Waals surface area contributed by atoms with Crippen LogP contribution in [0.1, 0.15) is 23.7 Å². The number of carbonyl (C=O) groups is 2. The van der Waals surface area contributed by atoms with E-state index in [1.165, 1.54) is 7.11 Å². The third kappa shape index (κ3) is 3.82. The average molecular weight is 317 g/mol. The Kier molecular flexibility index (Phi) is 5.48. The number of ether oxygens (including phenoxy) is 2. The van der Waals surface area contributed by atoms with Crippen LogP contribution in [0.25, 0.3) is 0 Å². The van der Waals surface area contributed by atoms with Crippen LogP contribution in [-0.2, 0) is 9.53 Å². The molecule has 0 saturated carbocycles. The number of nitro groups is 1. The van der Waals surface area contributed by atoms with E-state index >= 15 is 0 Å². The molecule has 0 heterocycles. The third-order valence-electron chi connectivity index (χ3n) is 2.61. The summed E-state index contributed by atoms with van der Waals surface area (Å²) in [5, 5.41) is 10.6. The number of halogens is 1. The van der Waals surface area contributed by atoms with E-state index in [0.29, 0.717) is 0 Å². The Labute approximate surface area is 124 Å². The summed E-state index contributed by atoms with van der Waals surface area (Å²) in [4.78, 5) is 32.8. The molecule has 0 aromatic heterocycles. The second-order valence-corrected chi connectivity index (χ2v) is 4.34. The summed E-state index contributed by atoms with van der Waals surface area (Å²) < 4.78 is 9.85. The zero-order chi connectivity index (χ0) is 16.2. The van der Waals surface area contributed by atoms with Crippen LogP contribution >= 0.6 is 11.6 Å². The van der Waals surface area contributed by atoms with E-state index in [0.717, 1.165) is 12.1 Å². The minimum Gasteiger partial charge on any atom is -0.477 e. The van der Waals surface area contributed by atoms with Gasteiger partial charge in [0.05, 0.1) is 12.0 Å². The monoisotopic (exact) mass is 316 g/mol. The number of benzene rings is 1. The average Bonchev–Trinajstić information content (AvgIpc) is 2.44. The van der Waals surface area contributed by atoms with Gasteiger partial charge in [0.1, 0.15) is 5.75 Å². The number of nitrogens with zero attached hydrogens (tertiary/aromatic N) is 1. The number of carbonyl (C=O) groups excluding carboxylic acids is 2. The molecule has 1 unspecified atom stereocenters. The van der Waals surface area contributed by atoms with Crippen LogP contribution in [0.15, 0.2) is 12.1 Å². The van der Waals surface area contributed by atoms with E-state index in [1.807, 2.05) is 0 Å². The van der Waals surface area contributed by atoms with Gasteiger partial charge in [-0.25, -0.2) is 4.79 Å². The van der Waals surface area contributed by atoms with Gasteiger partial charge in [0.2, 0.25) is 5.91 Å². The van der Waals surface area contributed by atoms with Crippen molar-refractivity contribution >= 4 is 29.2 Å². The number of nitro benzene ring substituents is 1. The Morgan fingerprint density at radius 3 is 2.52 bits per heavy atom. The molecular formula is C12H13ClN2O6. The van der Waals surface area contributed by atoms with E-state index in [-0.39, 0.29) is 22.8 Å². The van der Waals surface area contributed by atoms with Crippen molar-refractivity contribution in [3.05, 3.63) is 32.8 Å². The van der Waals surface area contributed by atoms with Gasteiger partial charge in [-0.3, -0.25) is 14.9 Å². The van der Waals surface area contributed by atoms with Gasteiger partial charge >= 0.3 is 5.97 Å². The van der Waals surface area contributed by atoms with E-state index in [2.05, 4.69) is 4.74 Å². The van der Waals surface area contributed by atoms with Gasteiger partial charge < -0.3 is 15.2 Å². The molecule has 0 aliphatic carbocycles. The molecule has 0 spiro atoms. The molecule has 1 aromatic carbocycles. The first kappa shape index (κ1) is 16.7. The second-order valence-electron chi connectivity index (χ2n) is 3.97. The number of rotatable bonds is 6. The van der Waals surface area contributed by atoms with Gasteiger partial charge in [-0.1, -0.05) is 18.5 Å². The Morgan fingerprint density at radius 2 is 2.10 bits per heavy atom. The van der Waals surface area contributed by atoms with E-state index in [1.54, 1.807) is 6.92 Å². The van der Waals surface area contributed by atoms with E-state index in [9.17, 15) is 19.7 Å². The normalized spacial score (nSPS) is 11.6. The topological polar surface area (TPSA) is 122 Å². The minimum atomic E-state index is -1.00. The molecule has 1 atom stereocenters. The number of methoxy groups -OCH3 is 1. The molecule has 0 radical (unpaired) electrons. The quantitative estimate of drug-likeness (QED) is 0.484. The molecule has 1 aromatic rings.